The summed E-state index contributed by atoms with van der Waals surface area (Å²) in [5, 5.41) is 3.52. The molecule has 1 aliphatic rings. The highest BCUT2D eigenvalue weighted by molar-refractivity contribution is 14.0. The largest absolute Gasteiger partial charge is 0.380 e. The lowest BCUT2D eigenvalue weighted by molar-refractivity contribution is 0.184. The highest BCUT2D eigenvalue weighted by Gasteiger charge is 2.25. The van der Waals surface area contributed by atoms with Crippen LogP contribution in [-0.4, -0.2) is 38.1 Å². The van der Waals surface area contributed by atoms with E-state index in [0.717, 1.165) is 25.6 Å². The molecule has 1 heterocycles. The first kappa shape index (κ1) is 20.7. The molecule has 0 radical (unpaired) electrons. The molecule has 2 aromatic carbocycles. The number of guanidine groups is 1. The Bertz CT molecular complexity index is 705. The molecule has 0 aliphatic carbocycles. The van der Waals surface area contributed by atoms with Gasteiger partial charge in [-0.25, -0.2) is 0 Å². The molecular formula is C21H28IN3O. The molecule has 1 atom stereocenters. The minimum atomic E-state index is 0. The fraction of sp³-hybridized carbons (Fsp3) is 0.381. The van der Waals surface area contributed by atoms with Gasteiger partial charge in [0.2, 0.25) is 0 Å². The van der Waals surface area contributed by atoms with Gasteiger partial charge in [0.05, 0.1) is 6.61 Å². The van der Waals surface area contributed by atoms with Crippen molar-refractivity contribution in [3.8, 4) is 0 Å². The van der Waals surface area contributed by atoms with Gasteiger partial charge in [-0.05, 0) is 23.1 Å². The summed E-state index contributed by atoms with van der Waals surface area (Å²) >= 11 is 0. The summed E-state index contributed by atoms with van der Waals surface area (Å²) in [5.74, 6) is 1.56. The first-order valence-corrected chi connectivity index (χ1v) is 8.88. The molecule has 1 N–H and O–H groups in total. The van der Waals surface area contributed by atoms with Crippen LogP contribution in [0.3, 0.4) is 0 Å². The number of ether oxygens (including phenoxy) is 1. The summed E-state index contributed by atoms with van der Waals surface area (Å²) in [7, 11) is 3.59. The third kappa shape index (κ3) is 5.20. The predicted octanol–water partition coefficient (Wildman–Crippen LogP) is 4.02. The number of likely N-dealkylation sites (tertiary alicyclic amines) is 1. The maximum Gasteiger partial charge on any atom is 0.193 e. The average Bonchev–Trinajstić information content (AvgIpc) is 3.14. The lowest BCUT2D eigenvalue weighted by Gasteiger charge is -2.22. The molecule has 0 spiro atoms. The van der Waals surface area contributed by atoms with E-state index in [1.807, 2.05) is 7.05 Å². The summed E-state index contributed by atoms with van der Waals surface area (Å²) in [4.78, 5) is 6.85. The number of aliphatic imine (C=N–C) groups is 1. The van der Waals surface area contributed by atoms with Crippen molar-refractivity contribution in [2.45, 2.75) is 25.5 Å². The summed E-state index contributed by atoms with van der Waals surface area (Å²) < 4.78 is 5.30. The Hall–Kier alpha value is -1.60. The SMILES string of the molecule is CN=C(NCc1ccccc1COC)N1CCC(c2ccccc2)C1.I. The van der Waals surface area contributed by atoms with Crippen LogP contribution in [0.15, 0.2) is 59.6 Å². The number of rotatable bonds is 5. The number of benzene rings is 2. The molecule has 26 heavy (non-hydrogen) atoms. The molecule has 2 aromatic rings. The van der Waals surface area contributed by atoms with Crippen LogP contribution in [-0.2, 0) is 17.9 Å². The average molecular weight is 465 g/mol. The van der Waals surface area contributed by atoms with Crippen molar-refractivity contribution in [2.75, 3.05) is 27.2 Å². The molecule has 3 rings (SSSR count). The molecule has 0 amide bonds. The second-order valence-corrected chi connectivity index (χ2v) is 6.44. The van der Waals surface area contributed by atoms with Gasteiger partial charge in [-0.2, -0.15) is 0 Å². The van der Waals surface area contributed by atoms with E-state index in [1.165, 1.54) is 23.1 Å². The van der Waals surface area contributed by atoms with E-state index >= 15 is 0 Å². The fourth-order valence-electron chi connectivity index (χ4n) is 3.48. The van der Waals surface area contributed by atoms with Crippen molar-refractivity contribution in [2.24, 2.45) is 4.99 Å². The third-order valence-electron chi connectivity index (χ3n) is 4.83. The molecule has 1 unspecified atom stereocenters. The van der Waals surface area contributed by atoms with Gasteiger partial charge >= 0.3 is 0 Å². The van der Waals surface area contributed by atoms with Gasteiger partial charge < -0.3 is 15.0 Å². The highest BCUT2D eigenvalue weighted by atomic mass is 127. The molecule has 0 bridgehead atoms. The molecule has 1 fully saturated rings. The number of halogens is 1. The number of hydrogen-bond acceptors (Lipinski definition) is 2. The summed E-state index contributed by atoms with van der Waals surface area (Å²) in [6.07, 6.45) is 1.17. The van der Waals surface area contributed by atoms with Gasteiger partial charge in [-0.15, -0.1) is 24.0 Å². The molecule has 4 nitrogen and oxygen atoms in total. The van der Waals surface area contributed by atoms with Crippen LogP contribution in [0, 0.1) is 0 Å². The molecule has 1 aliphatic heterocycles. The van der Waals surface area contributed by atoms with Crippen molar-refractivity contribution < 1.29 is 4.74 Å². The first-order valence-electron chi connectivity index (χ1n) is 8.88. The smallest absolute Gasteiger partial charge is 0.193 e. The number of methoxy groups -OCH3 is 1. The number of nitrogens with one attached hydrogen (secondary N) is 1. The van der Waals surface area contributed by atoms with Crippen molar-refractivity contribution in [1.82, 2.24) is 10.2 Å². The highest BCUT2D eigenvalue weighted by Crippen LogP contribution is 2.26. The van der Waals surface area contributed by atoms with Crippen LogP contribution in [0.4, 0.5) is 0 Å². The van der Waals surface area contributed by atoms with Gasteiger partial charge in [0.25, 0.3) is 0 Å². The second-order valence-electron chi connectivity index (χ2n) is 6.44. The van der Waals surface area contributed by atoms with Crippen LogP contribution in [0.25, 0.3) is 0 Å². The summed E-state index contributed by atoms with van der Waals surface area (Å²) in [6, 6.07) is 19.2. The van der Waals surface area contributed by atoms with Crippen LogP contribution >= 0.6 is 24.0 Å². The first-order chi connectivity index (χ1) is 12.3. The second kappa shape index (κ2) is 10.5. The summed E-state index contributed by atoms with van der Waals surface area (Å²) in [5.41, 5.74) is 3.90. The van der Waals surface area contributed by atoms with Gasteiger partial charge in [0.1, 0.15) is 0 Å². The zero-order valence-corrected chi connectivity index (χ0v) is 17.9. The maximum absolute atomic E-state index is 5.30. The standard InChI is InChI=1S/C21H27N3O.HI/c1-22-21(23-14-18-10-6-7-11-20(18)16-25-2)24-13-12-19(15-24)17-8-4-3-5-9-17;/h3-11,19H,12-16H2,1-2H3,(H,22,23);1H. The molecule has 0 saturated carbocycles. The quantitative estimate of drug-likeness (QED) is 0.412. The maximum atomic E-state index is 5.30. The zero-order valence-electron chi connectivity index (χ0n) is 15.5. The Kier molecular flexibility index (Phi) is 8.38. The Morgan fingerprint density at radius 1 is 1.12 bits per heavy atom. The Balaban J connectivity index is 0.00000243. The van der Waals surface area contributed by atoms with E-state index in [1.54, 1.807) is 7.11 Å². The van der Waals surface area contributed by atoms with Gasteiger partial charge in [-0.1, -0.05) is 54.6 Å². The van der Waals surface area contributed by atoms with E-state index in [0.29, 0.717) is 12.5 Å². The molecule has 5 heteroatoms. The molecule has 140 valence electrons. The fourth-order valence-corrected chi connectivity index (χ4v) is 3.48. The molecular weight excluding hydrogens is 437 g/mol. The van der Waals surface area contributed by atoms with E-state index in [9.17, 15) is 0 Å². The van der Waals surface area contributed by atoms with Crippen LogP contribution < -0.4 is 5.32 Å². The predicted molar refractivity (Wildman–Crippen MR) is 118 cm³/mol. The molecule has 1 saturated heterocycles. The van der Waals surface area contributed by atoms with Crippen LogP contribution in [0.5, 0.6) is 0 Å². The zero-order chi connectivity index (χ0) is 17.5. The van der Waals surface area contributed by atoms with E-state index < -0.39 is 0 Å². The van der Waals surface area contributed by atoms with E-state index in [4.69, 9.17) is 4.74 Å². The number of nitrogens with zero attached hydrogens (tertiary/aromatic N) is 2. The lowest BCUT2D eigenvalue weighted by atomic mass is 9.99. The van der Waals surface area contributed by atoms with Crippen molar-refractivity contribution in [3.63, 3.8) is 0 Å². The van der Waals surface area contributed by atoms with E-state index in [-0.39, 0.29) is 24.0 Å². The monoisotopic (exact) mass is 465 g/mol. The summed E-state index contributed by atoms with van der Waals surface area (Å²) in [6.45, 7) is 3.46. The Morgan fingerprint density at radius 2 is 1.81 bits per heavy atom. The van der Waals surface area contributed by atoms with Crippen molar-refractivity contribution >= 4 is 29.9 Å². The van der Waals surface area contributed by atoms with Gasteiger partial charge in [0.15, 0.2) is 5.96 Å². The minimum absolute atomic E-state index is 0. The minimum Gasteiger partial charge on any atom is -0.380 e. The van der Waals surface area contributed by atoms with Crippen LogP contribution in [0.1, 0.15) is 29.0 Å². The van der Waals surface area contributed by atoms with Crippen LogP contribution in [0.2, 0.25) is 0 Å². The normalized spacial score (nSPS) is 17.1. The Morgan fingerprint density at radius 3 is 2.50 bits per heavy atom. The molecule has 0 aromatic heterocycles. The van der Waals surface area contributed by atoms with Crippen molar-refractivity contribution in [1.29, 1.82) is 0 Å². The number of hydrogen-bond donors (Lipinski definition) is 1. The topological polar surface area (TPSA) is 36.9 Å². The third-order valence-corrected chi connectivity index (χ3v) is 4.83. The van der Waals surface area contributed by atoms with E-state index in [2.05, 4.69) is 69.8 Å². The van der Waals surface area contributed by atoms with Gasteiger partial charge in [-0.3, -0.25) is 4.99 Å². The van der Waals surface area contributed by atoms with Crippen molar-refractivity contribution in [3.05, 3.63) is 71.3 Å². The Labute approximate surface area is 173 Å². The van der Waals surface area contributed by atoms with Gasteiger partial charge in [0, 0.05) is 39.7 Å². The lowest BCUT2D eigenvalue weighted by Crippen LogP contribution is -2.39.